The Morgan fingerprint density at radius 1 is 0.933 bits per heavy atom. The molecule has 0 aliphatic heterocycles. The van der Waals surface area contributed by atoms with Gasteiger partial charge < -0.3 is 0 Å². The molecule has 4 heteroatoms. The minimum Gasteiger partial charge on any atom is -0.300 e. The van der Waals surface area contributed by atoms with Crippen molar-refractivity contribution in [2.45, 2.75) is 32.1 Å². The summed E-state index contributed by atoms with van der Waals surface area (Å²) in [4.78, 5) is 14.4. The number of fused-ring (bicyclic) bond motifs is 2. The SMILES string of the molecule is Cc1cc(-c2ccccc2)nc2cc(-c3nc(C4CCC4)n4ccncc34)ccc12. The Balaban J connectivity index is 1.54. The maximum atomic E-state index is 5.09. The second kappa shape index (κ2) is 6.77. The van der Waals surface area contributed by atoms with E-state index in [9.17, 15) is 0 Å². The predicted octanol–water partition coefficient (Wildman–Crippen LogP) is 6.19. The number of aromatic nitrogens is 4. The van der Waals surface area contributed by atoms with Crippen LogP contribution < -0.4 is 0 Å². The highest BCUT2D eigenvalue weighted by molar-refractivity contribution is 5.90. The van der Waals surface area contributed by atoms with Crippen molar-refractivity contribution in [3.05, 3.63) is 84.6 Å². The molecule has 0 radical (unpaired) electrons. The van der Waals surface area contributed by atoms with Crippen LogP contribution in [0.25, 0.3) is 38.9 Å². The van der Waals surface area contributed by atoms with E-state index in [4.69, 9.17) is 9.97 Å². The van der Waals surface area contributed by atoms with Crippen molar-refractivity contribution in [3.8, 4) is 22.5 Å². The highest BCUT2D eigenvalue weighted by atomic mass is 15.0. The van der Waals surface area contributed by atoms with Crippen LogP contribution in [-0.4, -0.2) is 19.4 Å². The minimum absolute atomic E-state index is 0.555. The second-order valence-corrected chi connectivity index (χ2v) is 8.20. The van der Waals surface area contributed by atoms with E-state index >= 15 is 0 Å². The van der Waals surface area contributed by atoms with Gasteiger partial charge in [-0.3, -0.25) is 9.38 Å². The Labute approximate surface area is 175 Å². The monoisotopic (exact) mass is 390 g/mol. The molecule has 0 unspecified atom stereocenters. The number of rotatable bonds is 3. The molecular weight excluding hydrogens is 368 g/mol. The summed E-state index contributed by atoms with van der Waals surface area (Å²) in [6.07, 6.45) is 9.54. The van der Waals surface area contributed by atoms with E-state index in [1.807, 2.05) is 24.7 Å². The number of hydrogen-bond donors (Lipinski definition) is 0. The highest BCUT2D eigenvalue weighted by Crippen LogP contribution is 2.38. The van der Waals surface area contributed by atoms with Gasteiger partial charge in [0.05, 0.1) is 28.6 Å². The van der Waals surface area contributed by atoms with Gasteiger partial charge in [-0.25, -0.2) is 9.97 Å². The van der Waals surface area contributed by atoms with Crippen molar-refractivity contribution >= 4 is 16.4 Å². The van der Waals surface area contributed by atoms with E-state index in [-0.39, 0.29) is 0 Å². The molecule has 30 heavy (non-hydrogen) atoms. The summed E-state index contributed by atoms with van der Waals surface area (Å²) in [6, 6.07) is 19.0. The Kier molecular flexibility index (Phi) is 3.91. The molecule has 1 fully saturated rings. The largest absolute Gasteiger partial charge is 0.300 e. The van der Waals surface area contributed by atoms with Gasteiger partial charge >= 0.3 is 0 Å². The summed E-state index contributed by atoms with van der Waals surface area (Å²) >= 11 is 0. The standard InChI is InChI=1S/C26H22N4/c1-17-14-22(18-6-3-2-4-7-18)28-23-15-20(10-11-21(17)23)25-24-16-27-12-13-30(24)26(29-25)19-8-5-9-19/h2-4,6-7,10-16,19H,5,8-9H2,1H3. The first-order valence-electron chi connectivity index (χ1n) is 10.6. The van der Waals surface area contributed by atoms with Gasteiger partial charge in [-0.1, -0.05) is 48.9 Å². The minimum atomic E-state index is 0.555. The fourth-order valence-corrected chi connectivity index (χ4v) is 4.44. The molecule has 1 saturated carbocycles. The van der Waals surface area contributed by atoms with Crippen molar-refractivity contribution in [2.24, 2.45) is 0 Å². The van der Waals surface area contributed by atoms with Gasteiger partial charge in [0.1, 0.15) is 5.82 Å². The lowest BCUT2D eigenvalue weighted by atomic mass is 9.85. The average molecular weight is 390 g/mol. The molecule has 0 spiro atoms. The highest BCUT2D eigenvalue weighted by Gasteiger charge is 2.26. The average Bonchev–Trinajstić information content (AvgIpc) is 3.12. The Morgan fingerprint density at radius 3 is 2.60 bits per heavy atom. The molecule has 1 aliphatic carbocycles. The molecule has 3 aromatic heterocycles. The summed E-state index contributed by atoms with van der Waals surface area (Å²) in [5, 5.41) is 1.18. The molecule has 0 saturated heterocycles. The fourth-order valence-electron chi connectivity index (χ4n) is 4.44. The summed E-state index contributed by atoms with van der Waals surface area (Å²) in [5.41, 5.74) is 7.53. The molecule has 6 rings (SSSR count). The lowest BCUT2D eigenvalue weighted by molar-refractivity contribution is 0.400. The number of imidazole rings is 1. The summed E-state index contributed by atoms with van der Waals surface area (Å²) in [5.74, 6) is 1.72. The summed E-state index contributed by atoms with van der Waals surface area (Å²) < 4.78 is 2.22. The van der Waals surface area contributed by atoms with E-state index in [2.05, 4.69) is 64.8 Å². The van der Waals surface area contributed by atoms with Crippen LogP contribution in [0.1, 0.15) is 36.6 Å². The molecule has 5 aromatic rings. The van der Waals surface area contributed by atoms with Crippen LogP contribution in [0.5, 0.6) is 0 Å². The molecule has 3 heterocycles. The van der Waals surface area contributed by atoms with E-state index < -0.39 is 0 Å². The second-order valence-electron chi connectivity index (χ2n) is 8.20. The number of benzene rings is 2. The first-order chi connectivity index (χ1) is 14.8. The van der Waals surface area contributed by atoms with E-state index in [0.717, 1.165) is 39.4 Å². The molecule has 0 bridgehead atoms. The van der Waals surface area contributed by atoms with Crippen LogP contribution in [0, 0.1) is 6.92 Å². The van der Waals surface area contributed by atoms with Crippen molar-refractivity contribution in [2.75, 3.05) is 0 Å². The van der Waals surface area contributed by atoms with Crippen LogP contribution in [0.2, 0.25) is 0 Å². The first-order valence-corrected chi connectivity index (χ1v) is 10.6. The number of hydrogen-bond acceptors (Lipinski definition) is 3. The smallest absolute Gasteiger partial charge is 0.117 e. The number of pyridine rings is 1. The lowest BCUT2D eigenvalue weighted by Gasteiger charge is -2.23. The van der Waals surface area contributed by atoms with Crippen molar-refractivity contribution in [1.29, 1.82) is 0 Å². The van der Waals surface area contributed by atoms with E-state index in [0.29, 0.717) is 5.92 Å². The van der Waals surface area contributed by atoms with Gasteiger partial charge in [-0.15, -0.1) is 0 Å². The predicted molar refractivity (Wildman–Crippen MR) is 120 cm³/mol. The van der Waals surface area contributed by atoms with Crippen LogP contribution in [0.4, 0.5) is 0 Å². The number of aryl methyl sites for hydroxylation is 1. The van der Waals surface area contributed by atoms with Gasteiger partial charge in [0.25, 0.3) is 0 Å². The maximum absolute atomic E-state index is 5.09. The van der Waals surface area contributed by atoms with Gasteiger partial charge in [0.2, 0.25) is 0 Å². The molecule has 1 aliphatic rings. The molecule has 0 atom stereocenters. The Morgan fingerprint density at radius 2 is 1.80 bits per heavy atom. The van der Waals surface area contributed by atoms with E-state index in [1.54, 1.807) is 0 Å². The normalized spacial score (nSPS) is 14.3. The maximum Gasteiger partial charge on any atom is 0.117 e. The zero-order chi connectivity index (χ0) is 20.1. The third kappa shape index (κ3) is 2.71. The van der Waals surface area contributed by atoms with Crippen molar-refractivity contribution < 1.29 is 0 Å². The van der Waals surface area contributed by atoms with Gasteiger partial charge in [-0.05, 0) is 37.5 Å². The van der Waals surface area contributed by atoms with Gasteiger partial charge in [-0.2, -0.15) is 0 Å². The summed E-state index contributed by atoms with van der Waals surface area (Å²) in [6.45, 7) is 2.15. The van der Waals surface area contributed by atoms with Gasteiger partial charge in [0, 0.05) is 34.8 Å². The molecule has 0 amide bonds. The van der Waals surface area contributed by atoms with Gasteiger partial charge in [0.15, 0.2) is 0 Å². The van der Waals surface area contributed by atoms with Crippen LogP contribution in [-0.2, 0) is 0 Å². The Hall–Kier alpha value is -3.53. The topological polar surface area (TPSA) is 43.1 Å². The van der Waals surface area contributed by atoms with Crippen LogP contribution >= 0.6 is 0 Å². The molecular formula is C26H22N4. The lowest BCUT2D eigenvalue weighted by Crippen LogP contribution is -2.12. The summed E-state index contributed by atoms with van der Waals surface area (Å²) in [7, 11) is 0. The molecule has 4 nitrogen and oxygen atoms in total. The molecule has 146 valence electrons. The number of nitrogens with zero attached hydrogens (tertiary/aromatic N) is 4. The van der Waals surface area contributed by atoms with Crippen LogP contribution in [0.15, 0.2) is 73.2 Å². The zero-order valence-corrected chi connectivity index (χ0v) is 16.9. The third-order valence-electron chi connectivity index (χ3n) is 6.30. The van der Waals surface area contributed by atoms with Crippen LogP contribution in [0.3, 0.4) is 0 Å². The third-order valence-corrected chi connectivity index (χ3v) is 6.30. The van der Waals surface area contributed by atoms with Crippen molar-refractivity contribution in [3.63, 3.8) is 0 Å². The molecule has 0 N–H and O–H groups in total. The zero-order valence-electron chi connectivity index (χ0n) is 16.9. The fraction of sp³-hybridized carbons (Fsp3) is 0.192. The van der Waals surface area contributed by atoms with Crippen molar-refractivity contribution in [1.82, 2.24) is 19.4 Å². The Bertz CT molecular complexity index is 1380. The molecule has 2 aromatic carbocycles. The first kappa shape index (κ1) is 17.3. The van der Waals surface area contributed by atoms with E-state index in [1.165, 1.54) is 30.2 Å². The quantitative estimate of drug-likeness (QED) is 0.369.